The molecule has 7 heteroatoms. The van der Waals surface area contributed by atoms with Gasteiger partial charge >= 0.3 is 6.03 Å². The Morgan fingerprint density at radius 3 is 2.57 bits per heavy atom. The molecule has 0 aromatic heterocycles. The molecule has 1 aliphatic heterocycles. The molecule has 1 unspecified atom stereocenters. The molecule has 0 bridgehead atoms. The van der Waals surface area contributed by atoms with Gasteiger partial charge in [0, 0.05) is 31.4 Å². The molecule has 1 N–H and O–H groups in total. The second-order valence-electron chi connectivity index (χ2n) is 5.06. The highest BCUT2D eigenvalue weighted by Gasteiger charge is 2.38. The van der Waals surface area contributed by atoms with Crippen molar-refractivity contribution in [2.45, 2.75) is 13.0 Å². The van der Waals surface area contributed by atoms with Crippen molar-refractivity contribution >= 4 is 17.6 Å². The number of halogens is 2. The molecule has 0 saturated carbocycles. The van der Waals surface area contributed by atoms with E-state index in [0.29, 0.717) is 5.71 Å². The van der Waals surface area contributed by atoms with Gasteiger partial charge in [0.25, 0.3) is 0 Å². The van der Waals surface area contributed by atoms with Gasteiger partial charge < -0.3 is 10.2 Å². The van der Waals surface area contributed by atoms with Gasteiger partial charge in [-0.2, -0.15) is 0 Å². The lowest BCUT2D eigenvalue weighted by atomic mass is 9.87. The topological polar surface area (TPSA) is 61.8 Å². The predicted octanol–water partition coefficient (Wildman–Crippen LogP) is 1.89. The molecule has 0 saturated heterocycles. The molecule has 0 spiro atoms. The Hall–Kier alpha value is -2.31. The highest BCUT2D eigenvalue weighted by molar-refractivity contribution is 6.09. The van der Waals surface area contributed by atoms with E-state index in [1.54, 1.807) is 21.0 Å². The number of nitrogens with zero attached hydrogens (tertiary/aromatic N) is 2. The maximum atomic E-state index is 14.0. The van der Waals surface area contributed by atoms with Crippen LogP contribution in [0, 0.1) is 17.6 Å². The Morgan fingerprint density at radius 2 is 2.00 bits per heavy atom. The van der Waals surface area contributed by atoms with Crippen molar-refractivity contribution in [3.63, 3.8) is 0 Å². The van der Waals surface area contributed by atoms with Crippen molar-refractivity contribution in [2.75, 3.05) is 14.1 Å². The SMILES string of the molecule is CC1=NC(=O)N[C@H](c2ccc(F)cc2F)C1C(=O)N(C)C. The van der Waals surface area contributed by atoms with Crippen molar-refractivity contribution in [3.05, 3.63) is 35.4 Å². The highest BCUT2D eigenvalue weighted by Crippen LogP contribution is 2.30. The lowest BCUT2D eigenvalue weighted by Gasteiger charge is -2.32. The number of carbonyl (C=O) groups excluding carboxylic acids is 2. The van der Waals surface area contributed by atoms with Gasteiger partial charge in [0.05, 0.1) is 6.04 Å². The van der Waals surface area contributed by atoms with E-state index in [1.807, 2.05) is 0 Å². The normalized spacial score (nSPS) is 21.6. The molecule has 3 amide bonds. The van der Waals surface area contributed by atoms with Crippen LogP contribution < -0.4 is 5.32 Å². The summed E-state index contributed by atoms with van der Waals surface area (Å²) in [6.07, 6.45) is 0. The number of aliphatic imine (C=N–C) groups is 1. The van der Waals surface area contributed by atoms with Gasteiger partial charge in [0.1, 0.15) is 17.6 Å². The number of nitrogens with one attached hydrogen (secondary N) is 1. The lowest BCUT2D eigenvalue weighted by Crippen LogP contribution is -2.47. The summed E-state index contributed by atoms with van der Waals surface area (Å²) in [5, 5.41) is 2.47. The van der Waals surface area contributed by atoms with Gasteiger partial charge in [-0.1, -0.05) is 6.07 Å². The number of rotatable bonds is 2. The van der Waals surface area contributed by atoms with Gasteiger partial charge in [-0.3, -0.25) is 4.79 Å². The molecular formula is C14H15F2N3O2. The maximum Gasteiger partial charge on any atom is 0.341 e. The van der Waals surface area contributed by atoms with Crippen LogP contribution in [0.5, 0.6) is 0 Å². The van der Waals surface area contributed by atoms with E-state index in [9.17, 15) is 18.4 Å². The summed E-state index contributed by atoms with van der Waals surface area (Å²) in [6.45, 7) is 1.54. The number of hydrogen-bond acceptors (Lipinski definition) is 2. The van der Waals surface area contributed by atoms with E-state index in [4.69, 9.17) is 0 Å². The van der Waals surface area contributed by atoms with Crippen LogP contribution in [0.3, 0.4) is 0 Å². The molecule has 1 heterocycles. The van der Waals surface area contributed by atoms with Crippen molar-refractivity contribution < 1.29 is 18.4 Å². The van der Waals surface area contributed by atoms with Crippen molar-refractivity contribution in [1.29, 1.82) is 0 Å². The van der Waals surface area contributed by atoms with E-state index >= 15 is 0 Å². The lowest BCUT2D eigenvalue weighted by molar-refractivity contribution is -0.131. The molecule has 5 nitrogen and oxygen atoms in total. The quantitative estimate of drug-likeness (QED) is 0.905. The molecule has 112 valence electrons. The van der Waals surface area contributed by atoms with Crippen LogP contribution in [0.4, 0.5) is 13.6 Å². The van der Waals surface area contributed by atoms with E-state index in [-0.39, 0.29) is 11.5 Å². The Bertz CT molecular complexity index is 629. The van der Waals surface area contributed by atoms with Crippen LogP contribution >= 0.6 is 0 Å². The maximum absolute atomic E-state index is 14.0. The van der Waals surface area contributed by atoms with Crippen LogP contribution in [0.2, 0.25) is 0 Å². The zero-order valence-corrected chi connectivity index (χ0v) is 11.9. The van der Waals surface area contributed by atoms with Crippen LogP contribution in [0.25, 0.3) is 0 Å². The number of hydrogen-bond donors (Lipinski definition) is 1. The minimum Gasteiger partial charge on any atom is -0.348 e. The molecule has 1 aliphatic rings. The molecule has 2 rings (SSSR count). The summed E-state index contributed by atoms with van der Waals surface area (Å²) in [4.78, 5) is 28.9. The summed E-state index contributed by atoms with van der Waals surface area (Å²) in [7, 11) is 3.12. The summed E-state index contributed by atoms with van der Waals surface area (Å²) in [6, 6.07) is 1.47. The largest absolute Gasteiger partial charge is 0.348 e. The van der Waals surface area contributed by atoms with Crippen LogP contribution in [-0.4, -0.2) is 36.6 Å². The molecule has 0 aliphatic carbocycles. The Labute approximate surface area is 120 Å². The first-order valence-corrected chi connectivity index (χ1v) is 6.33. The minimum absolute atomic E-state index is 0.0548. The first-order chi connectivity index (χ1) is 9.81. The van der Waals surface area contributed by atoms with E-state index in [2.05, 4.69) is 10.3 Å². The van der Waals surface area contributed by atoms with E-state index in [1.165, 1.54) is 11.0 Å². The fraction of sp³-hybridized carbons (Fsp3) is 0.357. The Morgan fingerprint density at radius 1 is 1.33 bits per heavy atom. The highest BCUT2D eigenvalue weighted by atomic mass is 19.1. The number of urea groups is 1. The van der Waals surface area contributed by atoms with Gasteiger partial charge in [-0.15, -0.1) is 0 Å². The zero-order valence-electron chi connectivity index (χ0n) is 11.9. The third-order valence-corrected chi connectivity index (χ3v) is 3.34. The minimum atomic E-state index is -0.912. The molecular weight excluding hydrogens is 280 g/mol. The van der Waals surface area contributed by atoms with Crippen LogP contribution in [-0.2, 0) is 4.79 Å². The molecule has 1 aromatic rings. The van der Waals surface area contributed by atoms with Crippen LogP contribution in [0.1, 0.15) is 18.5 Å². The smallest absolute Gasteiger partial charge is 0.341 e. The third-order valence-electron chi connectivity index (χ3n) is 3.34. The number of carbonyl (C=O) groups is 2. The molecule has 0 radical (unpaired) electrons. The van der Waals surface area contributed by atoms with Gasteiger partial charge in [0.2, 0.25) is 5.91 Å². The Kier molecular flexibility index (Phi) is 4.02. The number of amides is 3. The summed E-state index contributed by atoms with van der Waals surface area (Å²) >= 11 is 0. The first kappa shape index (κ1) is 15.1. The molecule has 1 aromatic carbocycles. The van der Waals surface area contributed by atoms with Gasteiger partial charge in [-0.25, -0.2) is 18.6 Å². The molecule has 21 heavy (non-hydrogen) atoms. The molecule has 2 atom stereocenters. The standard InChI is InChI=1S/C14H15F2N3O2/c1-7-11(13(20)19(2)3)12(18-14(21)17-7)9-5-4-8(15)6-10(9)16/h4-6,11-12H,1-3H3,(H,18,21)/t11?,12-/m1/s1. The third kappa shape index (κ3) is 2.91. The first-order valence-electron chi connectivity index (χ1n) is 6.33. The van der Waals surface area contributed by atoms with Crippen molar-refractivity contribution in [1.82, 2.24) is 10.2 Å². The summed E-state index contributed by atoms with van der Waals surface area (Å²) < 4.78 is 27.0. The predicted molar refractivity (Wildman–Crippen MR) is 72.9 cm³/mol. The van der Waals surface area contributed by atoms with Crippen LogP contribution in [0.15, 0.2) is 23.2 Å². The summed E-state index contributed by atoms with van der Waals surface area (Å²) in [5.74, 6) is -2.67. The summed E-state index contributed by atoms with van der Waals surface area (Å²) in [5.41, 5.74) is 0.352. The second-order valence-corrected chi connectivity index (χ2v) is 5.06. The van der Waals surface area contributed by atoms with Crippen molar-refractivity contribution in [2.24, 2.45) is 10.9 Å². The fourth-order valence-corrected chi connectivity index (χ4v) is 2.33. The Balaban J connectivity index is 2.50. The number of benzene rings is 1. The van der Waals surface area contributed by atoms with E-state index < -0.39 is 29.6 Å². The van der Waals surface area contributed by atoms with Crippen molar-refractivity contribution in [3.8, 4) is 0 Å². The van der Waals surface area contributed by atoms with Gasteiger partial charge in [0.15, 0.2) is 0 Å². The average molecular weight is 295 g/mol. The second kappa shape index (κ2) is 5.59. The zero-order chi connectivity index (χ0) is 15.7. The van der Waals surface area contributed by atoms with Gasteiger partial charge in [-0.05, 0) is 13.0 Å². The average Bonchev–Trinajstić information content (AvgIpc) is 2.37. The monoisotopic (exact) mass is 295 g/mol. The molecule has 0 fully saturated rings. The van der Waals surface area contributed by atoms with E-state index in [0.717, 1.165) is 12.1 Å². The fourth-order valence-electron chi connectivity index (χ4n) is 2.33.